The van der Waals surface area contributed by atoms with Crippen LogP contribution >= 0.6 is 0 Å². The number of methoxy groups -OCH3 is 2. The Kier molecular flexibility index (Phi) is 6.04. The molecule has 3 rings (SSSR count). The molecule has 8 heteroatoms. The van der Waals surface area contributed by atoms with Gasteiger partial charge in [-0.25, -0.2) is 13.2 Å². The number of nitrogens with zero attached hydrogens (tertiary/aromatic N) is 1. The summed E-state index contributed by atoms with van der Waals surface area (Å²) in [4.78, 5) is 11.6. The number of esters is 1. The molecule has 0 unspecified atom stereocenters. The molecule has 0 aliphatic rings. The van der Waals surface area contributed by atoms with Crippen LogP contribution in [0, 0.1) is 11.3 Å². The van der Waals surface area contributed by atoms with Gasteiger partial charge in [0.25, 0.3) is 10.0 Å². The van der Waals surface area contributed by atoms with Gasteiger partial charge in [-0.05, 0) is 35.9 Å². The first-order valence-electron chi connectivity index (χ1n) is 8.78. The van der Waals surface area contributed by atoms with E-state index in [1.807, 2.05) is 36.4 Å². The topological polar surface area (TPSA) is 105 Å². The maximum Gasteiger partial charge on any atom is 0.337 e. The summed E-state index contributed by atoms with van der Waals surface area (Å²) in [5.41, 5.74) is 1.96. The van der Waals surface area contributed by atoms with E-state index >= 15 is 0 Å². The number of anilines is 1. The first-order valence-corrected chi connectivity index (χ1v) is 10.3. The molecule has 152 valence electrons. The van der Waals surface area contributed by atoms with Gasteiger partial charge in [-0.15, -0.1) is 0 Å². The van der Waals surface area contributed by atoms with Gasteiger partial charge in [0.05, 0.1) is 37.1 Å². The van der Waals surface area contributed by atoms with Crippen molar-refractivity contribution >= 4 is 21.7 Å². The van der Waals surface area contributed by atoms with Crippen molar-refractivity contribution in [2.45, 2.75) is 4.90 Å². The van der Waals surface area contributed by atoms with Crippen molar-refractivity contribution in [3.8, 4) is 22.9 Å². The monoisotopic (exact) mass is 422 g/mol. The molecule has 0 amide bonds. The molecule has 30 heavy (non-hydrogen) atoms. The van der Waals surface area contributed by atoms with Crippen LogP contribution in [0.2, 0.25) is 0 Å². The third-order valence-electron chi connectivity index (χ3n) is 4.35. The maximum absolute atomic E-state index is 13.2. The molecule has 0 heterocycles. The Hall–Kier alpha value is -3.83. The van der Waals surface area contributed by atoms with Gasteiger partial charge in [0.15, 0.2) is 0 Å². The fourth-order valence-electron chi connectivity index (χ4n) is 2.90. The van der Waals surface area contributed by atoms with E-state index in [0.29, 0.717) is 11.1 Å². The van der Waals surface area contributed by atoms with Crippen LogP contribution in [0.3, 0.4) is 0 Å². The molecule has 0 fully saturated rings. The van der Waals surface area contributed by atoms with Crippen LogP contribution in [-0.4, -0.2) is 28.6 Å². The van der Waals surface area contributed by atoms with E-state index in [1.54, 1.807) is 12.1 Å². The van der Waals surface area contributed by atoms with Crippen molar-refractivity contribution in [1.82, 2.24) is 0 Å². The quantitative estimate of drug-likeness (QED) is 0.606. The summed E-state index contributed by atoms with van der Waals surface area (Å²) in [6.45, 7) is 0. The summed E-state index contributed by atoms with van der Waals surface area (Å²) in [5.74, 6) is -0.613. The summed E-state index contributed by atoms with van der Waals surface area (Å²) in [5, 5.41) is 9.25. The summed E-state index contributed by atoms with van der Waals surface area (Å²) in [7, 11) is -1.63. The second-order valence-corrected chi connectivity index (χ2v) is 7.85. The average molecular weight is 422 g/mol. The molecule has 0 aliphatic carbocycles. The highest BCUT2D eigenvalue weighted by Crippen LogP contribution is 2.33. The fourth-order valence-corrected chi connectivity index (χ4v) is 4.17. The maximum atomic E-state index is 13.2. The number of rotatable bonds is 6. The summed E-state index contributed by atoms with van der Waals surface area (Å²) in [6.07, 6.45) is 0. The highest BCUT2D eigenvalue weighted by Gasteiger charge is 2.23. The number of benzene rings is 3. The molecule has 0 radical (unpaired) electrons. The molecular weight excluding hydrogens is 404 g/mol. The van der Waals surface area contributed by atoms with Crippen LogP contribution in [0.5, 0.6) is 5.75 Å². The van der Waals surface area contributed by atoms with E-state index in [1.165, 1.54) is 38.5 Å². The normalized spacial score (nSPS) is 10.7. The van der Waals surface area contributed by atoms with Gasteiger partial charge in [-0.1, -0.05) is 36.4 Å². The van der Waals surface area contributed by atoms with Gasteiger partial charge >= 0.3 is 5.97 Å². The van der Waals surface area contributed by atoms with Crippen molar-refractivity contribution in [1.29, 1.82) is 5.26 Å². The summed E-state index contributed by atoms with van der Waals surface area (Å²) >= 11 is 0. The lowest BCUT2D eigenvalue weighted by atomic mass is 10.0. The van der Waals surface area contributed by atoms with Crippen LogP contribution in [0.4, 0.5) is 5.69 Å². The van der Waals surface area contributed by atoms with Gasteiger partial charge in [-0.3, -0.25) is 4.72 Å². The second-order valence-electron chi connectivity index (χ2n) is 6.20. The van der Waals surface area contributed by atoms with Gasteiger partial charge in [0, 0.05) is 5.56 Å². The summed E-state index contributed by atoms with van der Waals surface area (Å²) < 4.78 is 38.8. The zero-order chi connectivity index (χ0) is 21.7. The predicted octanol–water partition coefficient (Wildman–Crippen LogP) is 3.82. The van der Waals surface area contributed by atoms with Crippen LogP contribution in [-0.2, 0) is 14.8 Å². The molecule has 0 saturated carbocycles. The minimum atomic E-state index is -4.17. The van der Waals surface area contributed by atoms with Crippen molar-refractivity contribution in [3.63, 3.8) is 0 Å². The first kappa shape index (κ1) is 20.9. The lowest BCUT2D eigenvalue weighted by Gasteiger charge is -2.15. The van der Waals surface area contributed by atoms with Crippen LogP contribution < -0.4 is 9.46 Å². The Balaban J connectivity index is 2.12. The van der Waals surface area contributed by atoms with E-state index in [0.717, 1.165) is 5.56 Å². The average Bonchev–Trinajstić information content (AvgIpc) is 2.78. The van der Waals surface area contributed by atoms with Crippen LogP contribution in [0.25, 0.3) is 11.1 Å². The fraction of sp³-hybridized carbons (Fsp3) is 0.0909. The minimum Gasteiger partial charge on any atom is -0.495 e. The highest BCUT2D eigenvalue weighted by molar-refractivity contribution is 7.92. The third kappa shape index (κ3) is 4.26. The van der Waals surface area contributed by atoms with E-state index in [4.69, 9.17) is 4.74 Å². The van der Waals surface area contributed by atoms with Crippen molar-refractivity contribution in [2.75, 3.05) is 18.9 Å². The SMILES string of the molecule is COC(=O)c1ccc(OC)c(S(=O)(=O)Nc2cc(C#N)ccc2-c2ccccc2)c1. The Morgan fingerprint density at radius 1 is 1.00 bits per heavy atom. The molecule has 0 aliphatic heterocycles. The third-order valence-corrected chi connectivity index (χ3v) is 5.74. The highest BCUT2D eigenvalue weighted by atomic mass is 32.2. The number of hydrogen-bond acceptors (Lipinski definition) is 6. The molecule has 3 aromatic carbocycles. The van der Waals surface area contributed by atoms with E-state index in [2.05, 4.69) is 9.46 Å². The van der Waals surface area contributed by atoms with Gasteiger partial charge in [0.2, 0.25) is 0 Å². The Morgan fingerprint density at radius 2 is 1.73 bits per heavy atom. The Labute approximate surface area is 174 Å². The van der Waals surface area contributed by atoms with Crippen LogP contribution in [0.15, 0.2) is 71.6 Å². The molecule has 1 N–H and O–H groups in total. The Morgan fingerprint density at radius 3 is 2.37 bits per heavy atom. The molecule has 0 atom stereocenters. The lowest BCUT2D eigenvalue weighted by molar-refractivity contribution is 0.0600. The minimum absolute atomic E-state index is 0.0627. The van der Waals surface area contributed by atoms with E-state index in [-0.39, 0.29) is 21.9 Å². The smallest absolute Gasteiger partial charge is 0.337 e. The number of ether oxygens (including phenoxy) is 2. The summed E-state index contributed by atoms with van der Waals surface area (Å²) in [6, 6.07) is 19.9. The number of carbonyl (C=O) groups excluding carboxylic acids is 1. The van der Waals surface area contributed by atoms with Crippen molar-refractivity contribution in [2.24, 2.45) is 0 Å². The first-order chi connectivity index (χ1) is 14.4. The standard InChI is InChI=1S/C22H18N2O5S/c1-28-20-11-9-17(22(25)29-2)13-21(20)30(26,27)24-19-12-15(14-23)8-10-18(19)16-6-4-3-5-7-16/h3-13,24H,1-2H3. The zero-order valence-electron chi connectivity index (χ0n) is 16.2. The molecule has 0 bridgehead atoms. The zero-order valence-corrected chi connectivity index (χ0v) is 17.1. The second kappa shape index (κ2) is 8.68. The molecular formula is C22H18N2O5S. The van der Waals surface area contributed by atoms with Gasteiger partial charge in [0.1, 0.15) is 10.6 Å². The predicted molar refractivity (Wildman–Crippen MR) is 112 cm³/mol. The molecule has 3 aromatic rings. The van der Waals surface area contributed by atoms with Crippen molar-refractivity contribution in [3.05, 3.63) is 77.9 Å². The number of nitriles is 1. The van der Waals surface area contributed by atoms with Gasteiger partial charge in [-0.2, -0.15) is 5.26 Å². The van der Waals surface area contributed by atoms with E-state index in [9.17, 15) is 18.5 Å². The molecule has 7 nitrogen and oxygen atoms in total. The lowest BCUT2D eigenvalue weighted by Crippen LogP contribution is -2.16. The van der Waals surface area contributed by atoms with Gasteiger partial charge < -0.3 is 9.47 Å². The van der Waals surface area contributed by atoms with Crippen LogP contribution in [0.1, 0.15) is 15.9 Å². The molecule has 0 aromatic heterocycles. The van der Waals surface area contributed by atoms with E-state index < -0.39 is 16.0 Å². The number of hydrogen-bond donors (Lipinski definition) is 1. The largest absolute Gasteiger partial charge is 0.495 e. The van der Waals surface area contributed by atoms with Crippen molar-refractivity contribution < 1.29 is 22.7 Å². The number of nitrogens with one attached hydrogen (secondary N) is 1. The number of carbonyl (C=O) groups is 1. The molecule has 0 saturated heterocycles. The Bertz CT molecular complexity index is 1230. The number of sulfonamides is 1. The molecule has 0 spiro atoms.